The van der Waals surface area contributed by atoms with Crippen molar-refractivity contribution in [3.05, 3.63) is 41.2 Å². The Morgan fingerprint density at radius 2 is 2.13 bits per heavy atom. The molecule has 15 heavy (non-hydrogen) atoms. The third-order valence-corrected chi connectivity index (χ3v) is 2.26. The maximum atomic E-state index is 5.05. The molecule has 0 aliphatic rings. The van der Waals surface area contributed by atoms with Gasteiger partial charge in [0.15, 0.2) is 0 Å². The minimum Gasteiger partial charge on any atom is -0.481 e. The van der Waals surface area contributed by atoms with E-state index in [0.717, 1.165) is 11.3 Å². The molecule has 0 bridgehead atoms. The van der Waals surface area contributed by atoms with E-state index in [4.69, 9.17) is 17.0 Å². The van der Waals surface area contributed by atoms with Gasteiger partial charge in [-0.1, -0.05) is 18.3 Å². The molecular formula is C11H10N2OS. The number of methoxy groups -OCH3 is 1. The first kappa shape index (κ1) is 9.86. The number of hydrogen-bond donors (Lipinski definition) is 1. The Balaban J connectivity index is 2.41. The summed E-state index contributed by atoms with van der Waals surface area (Å²) in [5, 5.41) is 0. The fourth-order valence-electron chi connectivity index (χ4n) is 1.28. The van der Waals surface area contributed by atoms with Crippen LogP contribution in [0.15, 0.2) is 36.5 Å². The van der Waals surface area contributed by atoms with Crippen molar-refractivity contribution in [3.63, 3.8) is 0 Å². The Morgan fingerprint density at radius 1 is 1.27 bits per heavy atom. The standard InChI is InChI=1S/C11H10N2OS/c1-14-10-6-5-8(7-12-10)9-3-2-4-11(15)13-9/h2-7H,1H3,(H,13,15). The average Bonchev–Trinajstić information content (AvgIpc) is 2.29. The second-order valence-electron chi connectivity index (χ2n) is 3.02. The molecule has 0 spiro atoms. The predicted octanol–water partition coefficient (Wildman–Crippen LogP) is 2.81. The van der Waals surface area contributed by atoms with Gasteiger partial charge in [0.05, 0.1) is 7.11 Å². The number of hydrogen-bond acceptors (Lipinski definition) is 3. The molecule has 2 aromatic heterocycles. The number of ether oxygens (including phenoxy) is 1. The maximum Gasteiger partial charge on any atom is 0.212 e. The third kappa shape index (κ3) is 2.22. The van der Waals surface area contributed by atoms with E-state index in [2.05, 4.69) is 9.97 Å². The van der Waals surface area contributed by atoms with Crippen LogP contribution in [-0.2, 0) is 0 Å². The van der Waals surface area contributed by atoms with Crippen molar-refractivity contribution in [2.45, 2.75) is 0 Å². The van der Waals surface area contributed by atoms with Gasteiger partial charge >= 0.3 is 0 Å². The van der Waals surface area contributed by atoms with Crippen molar-refractivity contribution < 1.29 is 4.74 Å². The fraction of sp³-hybridized carbons (Fsp3) is 0.0909. The molecule has 76 valence electrons. The van der Waals surface area contributed by atoms with E-state index in [1.165, 1.54) is 0 Å². The highest BCUT2D eigenvalue weighted by molar-refractivity contribution is 7.71. The molecule has 0 saturated carbocycles. The molecular weight excluding hydrogens is 208 g/mol. The highest BCUT2D eigenvalue weighted by Gasteiger charge is 1.98. The topological polar surface area (TPSA) is 37.9 Å². The van der Waals surface area contributed by atoms with Crippen molar-refractivity contribution in [2.24, 2.45) is 0 Å². The molecule has 0 amide bonds. The molecule has 0 aromatic carbocycles. The van der Waals surface area contributed by atoms with E-state index in [1.807, 2.05) is 30.3 Å². The zero-order valence-corrected chi connectivity index (χ0v) is 9.04. The SMILES string of the molecule is COc1ccc(-c2cccc(=S)[nH]2)cn1. The lowest BCUT2D eigenvalue weighted by Crippen LogP contribution is -1.88. The number of H-pyrrole nitrogens is 1. The van der Waals surface area contributed by atoms with Gasteiger partial charge in [0.2, 0.25) is 5.88 Å². The molecule has 0 aliphatic carbocycles. The van der Waals surface area contributed by atoms with Crippen LogP contribution in [0.1, 0.15) is 0 Å². The largest absolute Gasteiger partial charge is 0.481 e. The highest BCUT2D eigenvalue weighted by atomic mass is 32.1. The lowest BCUT2D eigenvalue weighted by molar-refractivity contribution is 0.398. The van der Waals surface area contributed by atoms with E-state index >= 15 is 0 Å². The molecule has 2 aromatic rings. The molecule has 0 unspecified atom stereocenters. The normalized spacial score (nSPS) is 9.93. The third-order valence-electron chi connectivity index (χ3n) is 2.02. The fourth-order valence-corrected chi connectivity index (χ4v) is 1.47. The summed E-state index contributed by atoms with van der Waals surface area (Å²) in [6.07, 6.45) is 1.75. The molecule has 0 fully saturated rings. The van der Waals surface area contributed by atoms with Gasteiger partial charge in [-0.2, -0.15) is 0 Å². The number of aromatic nitrogens is 2. The van der Waals surface area contributed by atoms with Gasteiger partial charge in [-0.15, -0.1) is 0 Å². The highest BCUT2D eigenvalue weighted by Crippen LogP contribution is 2.17. The van der Waals surface area contributed by atoms with Crippen LogP contribution in [0, 0.1) is 4.64 Å². The number of nitrogens with zero attached hydrogens (tertiary/aromatic N) is 1. The Kier molecular flexibility index (Phi) is 2.78. The quantitative estimate of drug-likeness (QED) is 0.788. The van der Waals surface area contributed by atoms with Crippen molar-refractivity contribution in [1.29, 1.82) is 0 Å². The Labute approximate surface area is 92.8 Å². The van der Waals surface area contributed by atoms with Gasteiger partial charge in [-0.05, 0) is 18.2 Å². The van der Waals surface area contributed by atoms with E-state index in [0.29, 0.717) is 10.5 Å². The van der Waals surface area contributed by atoms with Crippen LogP contribution in [0.3, 0.4) is 0 Å². The van der Waals surface area contributed by atoms with Gasteiger partial charge in [-0.3, -0.25) is 0 Å². The van der Waals surface area contributed by atoms with Crippen LogP contribution >= 0.6 is 12.2 Å². The van der Waals surface area contributed by atoms with Crippen LogP contribution in [0.25, 0.3) is 11.3 Å². The van der Waals surface area contributed by atoms with Crippen molar-refractivity contribution in [1.82, 2.24) is 9.97 Å². The zero-order chi connectivity index (χ0) is 10.7. The van der Waals surface area contributed by atoms with Crippen LogP contribution in [0.4, 0.5) is 0 Å². The molecule has 3 nitrogen and oxygen atoms in total. The van der Waals surface area contributed by atoms with Crippen LogP contribution < -0.4 is 4.74 Å². The Morgan fingerprint density at radius 3 is 2.73 bits per heavy atom. The second kappa shape index (κ2) is 4.23. The second-order valence-corrected chi connectivity index (χ2v) is 3.46. The molecule has 0 aliphatic heterocycles. The number of aromatic amines is 1. The Hall–Kier alpha value is -1.68. The smallest absolute Gasteiger partial charge is 0.212 e. The lowest BCUT2D eigenvalue weighted by Gasteiger charge is -2.02. The Bertz CT molecular complexity index is 504. The van der Waals surface area contributed by atoms with E-state index in [9.17, 15) is 0 Å². The zero-order valence-electron chi connectivity index (χ0n) is 8.23. The molecule has 1 N–H and O–H groups in total. The summed E-state index contributed by atoms with van der Waals surface area (Å²) in [4.78, 5) is 7.22. The van der Waals surface area contributed by atoms with Crippen LogP contribution in [0.5, 0.6) is 5.88 Å². The molecule has 0 atom stereocenters. The monoisotopic (exact) mass is 218 g/mol. The van der Waals surface area contributed by atoms with Crippen LogP contribution in [-0.4, -0.2) is 17.1 Å². The predicted molar refractivity (Wildman–Crippen MR) is 61.4 cm³/mol. The summed E-state index contributed by atoms with van der Waals surface area (Å²) in [5.74, 6) is 0.605. The first-order valence-electron chi connectivity index (χ1n) is 4.49. The number of pyridine rings is 2. The van der Waals surface area contributed by atoms with Crippen molar-refractivity contribution in [3.8, 4) is 17.1 Å². The van der Waals surface area contributed by atoms with E-state index in [1.54, 1.807) is 13.3 Å². The summed E-state index contributed by atoms with van der Waals surface area (Å²) < 4.78 is 5.70. The summed E-state index contributed by atoms with van der Waals surface area (Å²) >= 11 is 5.05. The first-order chi connectivity index (χ1) is 7.29. The number of nitrogens with one attached hydrogen (secondary N) is 1. The van der Waals surface area contributed by atoms with E-state index < -0.39 is 0 Å². The van der Waals surface area contributed by atoms with Gasteiger partial charge in [0.25, 0.3) is 0 Å². The molecule has 0 radical (unpaired) electrons. The number of rotatable bonds is 2. The first-order valence-corrected chi connectivity index (χ1v) is 4.90. The average molecular weight is 218 g/mol. The summed E-state index contributed by atoms with van der Waals surface area (Å²) in [6, 6.07) is 9.47. The van der Waals surface area contributed by atoms with Gasteiger partial charge in [0.1, 0.15) is 4.64 Å². The summed E-state index contributed by atoms with van der Waals surface area (Å²) in [7, 11) is 1.60. The maximum absolute atomic E-state index is 5.05. The molecule has 4 heteroatoms. The van der Waals surface area contributed by atoms with Gasteiger partial charge in [0, 0.05) is 23.5 Å². The van der Waals surface area contributed by atoms with Gasteiger partial charge in [-0.25, -0.2) is 4.98 Å². The van der Waals surface area contributed by atoms with Crippen molar-refractivity contribution >= 4 is 12.2 Å². The van der Waals surface area contributed by atoms with Crippen molar-refractivity contribution in [2.75, 3.05) is 7.11 Å². The molecule has 2 heterocycles. The minimum absolute atomic E-state index is 0.605. The molecule has 0 saturated heterocycles. The summed E-state index contributed by atoms with van der Waals surface area (Å²) in [5.41, 5.74) is 1.94. The summed E-state index contributed by atoms with van der Waals surface area (Å²) in [6.45, 7) is 0. The van der Waals surface area contributed by atoms with Gasteiger partial charge < -0.3 is 9.72 Å². The van der Waals surface area contributed by atoms with E-state index in [-0.39, 0.29) is 0 Å². The lowest BCUT2D eigenvalue weighted by atomic mass is 10.2. The van der Waals surface area contributed by atoms with Crippen LogP contribution in [0.2, 0.25) is 0 Å². The molecule has 2 rings (SSSR count). The minimum atomic E-state index is 0.605.